The Labute approximate surface area is 260 Å². The Balaban J connectivity index is 1.75. The molecule has 4 amide bonds. The van der Waals surface area contributed by atoms with Crippen LogP contribution in [-0.4, -0.2) is 54.6 Å². The predicted octanol–water partition coefficient (Wildman–Crippen LogP) is 4.13. The highest BCUT2D eigenvalue weighted by atomic mass is 32.1. The number of nitrogens with one attached hydrogen (secondary N) is 3. The average molecular weight is 616 g/mol. The number of rotatable bonds is 11. The lowest BCUT2D eigenvalue weighted by Gasteiger charge is -2.41. The van der Waals surface area contributed by atoms with Gasteiger partial charge in [0.15, 0.2) is 5.11 Å². The van der Waals surface area contributed by atoms with Crippen LogP contribution in [-0.2, 0) is 39.6 Å². The molecule has 0 saturated carbocycles. The monoisotopic (exact) mass is 615 g/mol. The van der Waals surface area contributed by atoms with Gasteiger partial charge in [-0.3, -0.25) is 14.5 Å². The number of thiocarbonyl (C=S) groups is 1. The summed E-state index contributed by atoms with van der Waals surface area (Å²) in [7, 11) is 0. The normalized spacial score (nSPS) is 17.5. The molecule has 44 heavy (non-hydrogen) atoms. The molecule has 2 atom stereocenters. The fourth-order valence-corrected chi connectivity index (χ4v) is 5.35. The molecule has 1 saturated heterocycles. The summed E-state index contributed by atoms with van der Waals surface area (Å²) >= 11 is 5.38. The summed E-state index contributed by atoms with van der Waals surface area (Å²) in [5, 5.41) is 20.4. The van der Waals surface area contributed by atoms with Gasteiger partial charge in [0.05, 0.1) is 6.54 Å². The Kier molecular flexibility index (Phi) is 9.38. The van der Waals surface area contributed by atoms with Gasteiger partial charge in [0.2, 0.25) is 11.6 Å². The maximum atomic E-state index is 14.4. The van der Waals surface area contributed by atoms with Gasteiger partial charge in [-0.1, -0.05) is 84.9 Å². The minimum atomic E-state index is -2.35. The molecule has 13 heteroatoms. The number of aliphatic carboxylic acids is 1. The van der Waals surface area contributed by atoms with Gasteiger partial charge in [-0.2, -0.15) is 10.1 Å². The lowest BCUT2D eigenvalue weighted by atomic mass is 9.89. The molecule has 0 aliphatic carbocycles. The molecule has 4 rings (SSSR count). The van der Waals surface area contributed by atoms with Gasteiger partial charge in [-0.15, -0.1) is 0 Å². The van der Waals surface area contributed by atoms with Crippen molar-refractivity contribution in [3.05, 3.63) is 107 Å². The molecule has 0 radical (unpaired) electrons. The van der Waals surface area contributed by atoms with Crippen molar-refractivity contribution in [2.24, 2.45) is 5.11 Å². The number of hydrogen-bond donors (Lipinski definition) is 4. The van der Waals surface area contributed by atoms with Gasteiger partial charge in [0.25, 0.3) is 5.91 Å². The molecular weight excluding hydrogens is 582 g/mol. The molecule has 4 N–H and O–H groups in total. The summed E-state index contributed by atoms with van der Waals surface area (Å²) in [6.07, 6.45) is 0. The van der Waals surface area contributed by atoms with E-state index in [1.54, 1.807) is 55.5 Å². The molecule has 0 unspecified atom stereocenters. The zero-order valence-electron chi connectivity index (χ0n) is 24.5. The van der Waals surface area contributed by atoms with E-state index in [-0.39, 0.29) is 24.7 Å². The zero-order chi connectivity index (χ0) is 32.1. The van der Waals surface area contributed by atoms with E-state index < -0.39 is 35.0 Å². The SMILES string of the molecule is CC(=O)N(N1C(=O)N(Cc2ccccc2)[C@](C)(c2ccc(CN=N)cc2)C1=O)[C@](C)(NC(=S)NCc1ccccc1)C(=O)O. The Hall–Kier alpha value is -5.17. The number of hydrazine groups is 1. The van der Waals surface area contributed by atoms with Crippen molar-refractivity contribution in [1.82, 2.24) is 25.6 Å². The van der Waals surface area contributed by atoms with E-state index in [1.807, 2.05) is 36.4 Å². The third-order valence-corrected chi connectivity index (χ3v) is 7.76. The van der Waals surface area contributed by atoms with Crippen molar-refractivity contribution in [2.45, 2.75) is 51.6 Å². The molecule has 3 aromatic rings. The lowest BCUT2D eigenvalue weighted by Crippen LogP contribution is -2.71. The number of carbonyl (C=O) groups excluding carboxylic acids is 3. The van der Waals surface area contributed by atoms with E-state index in [0.29, 0.717) is 21.1 Å². The molecule has 0 aromatic heterocycles. The highest BCUT2D eigenvalue weighted by molar-refractivity contribution is 7.80. The molecule has 1 aliphatic rings. The maximum absolute atomic E-state index is 14.4. The highest BCUT2D eigenvalue weighted by Gasteiger charge is 2.61. The Morgan fingerprint density at radius 3 is 2.07 bits per heavy atom. The Bertz CT molecular complexity index is 1570. The second-order valence-electron chi connectivity index (χ2n) is 10.6. The first-order chi connectivity index (χ1) is 20.9. The van der Waals surface area contributed by atoms with E-state index in [1.165, 1.54) is 4.90 Å². The van der Waals surface area contributed by atoms with E-state index >= 15 is 0 Å². The third kappa shape index (κ3) is 6.13. The molecule has 1 fully saturated rings. The number of benzene rings is 3. The van der Waals surface area contributed by atoms with Crippen molar-refractivity contribution < 1.29 is 24.3 Å². The van der Waals surface area contributed by atoms with Crippen LogP contribution >= 0.6 is 12.2 Å². The van der Waals surface area contributed by atoms with Gasteiger partial charge >= 0.3 is 12.0 Å². The molecular formula is C31H33N7O5S. The number of imide groups is 1. The summed E-state index contributed by atoms with van der Waals surface area (Å²) in [5.41, 5.74) is 5.90. The molecule has 228 valence electrons. The fourth-order valence-electron chi connectivity index (χ4n) is 5.08. The predicted molar refractivity (Wildman–Crippen MR) is 164 cm³/mol. The van der Waals surface area contributed by atoms with Crippen LogP contribution in [0.3, 0.4) is 0 Å². The van der Waals surface area contributed by atoms with Crippen LogP contribution in [0.4, 0.5) is 4.79 Å². The van der Waals surface area contributed by atoms with Crippen LogP contribution < -0.4 is 10.6 Å². The number of nitrogens with zero attached hydrogens (tertiary/aromatic N) is 4. The Morgan fingerprint density at radius 1 is 0.977 bits per heavy atom. The standard InChI is InChI=1S/C31H33N7O5S/c1-21(39)38(31(3,27(41)42)35-28(44)33-18-22-10-6-4-7-11-22)37-26(40)30(2,25-16-14-23(15-17-25)19-34-32)36(29(37)43)20-24-12-8-5-9-13-24/h4-17,32H,18-20H2,1-3H3,(H,41,42)(H2,33,35,44)/t30-,31+/m1/s1. The Morgan fingerprint density at radius 2 is 1.55 bits per heavy atom. The average Bonchev–Trinajstić information content (AvgIpc) is 3.18. The quantitative estimate of drug-likeness (QED) is 0.109. The molecule has 0 spiro atoms. The van der Waals surface area contributed by atoms with Crippen LogP contribution in [0.2, 0.25) is 0 Å². The molecule has 0 bridgehead atoms. The van der Waals surface area contributed by atoms with Crippen molar-refractivity contribution in [3.63, 3.8) is 0 Å². The number of urea groups is 1. The molecule has 1 aliphatic heterocycles. The van der Waals surface area contributed by atoms with Crippen molar-refractivity contribution in [3.8, 4) is 0 Å². The molecule has 12 nitrogen and oxygen atoms in total. The second kappa shape index (κ2) is 13.0. The first-order valence-electron chi connectivity index (χ1n) is 13.7. The topological polar surface area (TPSA) is 158 Å². The summed E-state index contributed by atoms with van der Waals surface area (Å²) < 4.78 is 0. The first-order valence-corrected chi connectivity index (χ1v) is 14.1. The second-order valence-corrected chi connectivity index (χ2v) is 11.0. The smallest absolute Gasteiger partial charge is 0.352 e. The summed E-state index contributed by atoms with van der Waals surface area (Å²) in [6, 6.07) is 24.0. The van der Waals surface area contributed by atoms with E-state index in [4.69, 9.17) is 17.7 Å². The summed E-state index contributed by atoms with van der Waals surface area (Å²) in [5.74, 6) is -3.26. The van der Waals surface area contributed by atoms with Gasteiger partial charge in [0, 0.05) is 20.0 Å². The summed E-state index contributed by atoms with van der Waals surface area (Å²) in [4.78, 5) is 56.0. The molecule has 3 aromatic carbocycles. The first kappa shape index (κ1) is 31.8. The number of carbonyl (C=O) groups is 4. The fraction of sp³-hybridized carbons (Fsp3) is 0.258. The lowest BCUT2D eigenvalue weighted by molar-refractivity contribution is -0.180. The number of hydrogen-bond acceptors (Lipinski definition) is 7. The van der Waals surface area contributed by atoms with Crippen LogP contribution in [0.5, 0.6) is 0 Å². The van der Waals surface area contributed by atoms with Gasteiger partial charge < -0.3 is 15.7 Å². The van der Waals surface area contributed by atoms with E-state index in [2.05, 4.69) is 15.7 Å². The van der Waals surface area contributed by atoms with E-state index in [9.17, 15) is 24.3 Å². The van der Waals surface area contributed by atoms with Crippen LogP contribution in [0.1, 0.15) is 43.0 Å². The van der Waals surface area contributed by atoms with Crippen molar-refractivity contribution in [1.29, 1.82) is 5.53 Å². The summed E-state index contributed by atoms with van der Waals surface area (Å²) in [6.45, 7) is 4.17. The van der Waals surface area contributed by atoms with Crippen LogP contribution in [0, 0.1) is 5.53 Å². The number of carboxylic acids is 1. The van der Waals surface area contributed by atoms with E-state index in [0.717, 1.165) is 25.0 Å². The molecule has 1 heterocycles. The zero-order valence-corrected chi connectivity index (χ0v) is 25.3. The number of amides is 4. The van der Waals surface area contributed by atoms with Crippen LogP contribution in [0.25, 0.3) is 0 Å². The van der Waals surface area contributed by atoms with Crippen LogP contribution in [0.15, 0.2) is 90.0 Å². The minimum absolute atomic E-state index is 0.0117. The highest BCUT2D eigenvalue weighted by Crippen LogP contribution is 2.40. The largest absolute Gasteiger partial charge is 0.478 e. The van der Waals surface area contributed by atoms with Gasteiger partial charge in [0.1, 0.15) is 5.54 Å². The third-order valence-electron chi connectivity index (χ3n) is 7.51. The van der Waals surface area contributed by atoms with Crippen molar-refractivity contribution >= 4 is 41.1 Å². The minimum Gasteiger partial charge on any atom is -0.478 e. The van der Waals surface area contributed by atoms with Gasteiger partial charge in [-0.25, -0.2) is 20.1 Å². The van der Waals surface area contributed by atoms with Crippen molar-refractivity contribution in [2.75, 3.05) is 0 Å². The maximum Gasteiger partial charge on any atom is 0.352 e. The van der Waals surface area contributed by atoms with Gasteiger partial charge in [-0.05, 0) is 48.3 Å². The number of carboxylic acid groups (broad SMARTS) is 1.